The van der Waals surface area contributed by atoms with Crippen LogP contribution in [0.15, 0.2) is 24.3 Å². The molecule has 18 heavy (non-hydrogen) atoms. The number of halogens is 1. The highest BCUT2D eigenvalue weighted by Crippen LogP contribution is 2.15. The minimum absolute atomic E-state index is 0.262. The van der Waals surface area contributed by atoms with Crippen LogP contribution in [-0.2, 0) is 10.0 Å². The molecule has 0 aromatic heterocycles. The van der Waals surface area contributed by atoms with E-state index in [-0.39, 0.29) is 6.04 Å². The highest BCUT2D eigenvalue weighted by molar-refractivity contribution is 7.93. The second-order valence-corrected chi connectivity index (χ2v) is 7.06. The highest BCUT2D eigenvalue weighted by Gasteiger charge is 2.20. The van der Waals surface area contributed by atoms with Crippen molar-refractivity contribution in [2.45, 2.75) is 32.1 Å². The first kappa shape index (κ1) is 15.3. The lowest BCUT2D eigenvalue weighted by Gasteiger charge is -2.17. The van der Waals surface area contributed by atoms with E-state index in [9.17, 15) is 8.42 Å². The monoisotopic (exact) mass is 290 g/mol. The van der Waals surface area contributed by atoms with E-state index < -0.39 is 15.3 Å². The van der Waals surface area contributed by atoms with Gasteiger partial charge in [0.15, 0.2) is 0 Å². The minimum Gasteiger partial charge on any atom is -0.313 e. The van der Waals surface area contributed by atoms with Gasteiger partial charge in [-0.3, -0.25) is 4.72 Å². The van der Waals surface area contributed by atoms with Gasteiger partial charge in [-0.1, -0.05) is 25.4 Å². The molecule has 0 bridgehead atoms. The maximum atomic E-state index is 12.0. The van der Waals surface area contributed by atoms with Gasteiger partial charge in [-0.2, -0.15) is 0 Å². The number of hydrogen-bond donors (Lipinski definition) is 2. The van der Waals surface area contributed by atoms with Crippen molar-refractivity contribution in [3.63, 3.8) is 0 Å². The third-order valence-electron chi connectivity index (χ3n) is 2.45. The molecule has 102 valence electrons. The summed E-state index contributed by atoms with van der Waals surface area (Å²) in [7, 11) is -3.38. The Kier molecular flexibility index (Phi) is 5.44. The Morgan fingerprint density at radius 3 is 2.22 bits per heavy atom. The molecule has 2 N–H and O–H groups in total. The van der Waals surface area contributed by atoms with E-state index in [1.54, 1.807) is 31.2 Å². The van der Waals surface area contributed by atoms with Crippen LogP contribution in [0.5, 0.6) is 0 Å². The second-order valence-electron chi connectivity index (χ2n) is 4.53. The number of rotatable bonds is 6. The smallest absolute Gasteiger partial charge is 0.236 e. The fraction of sp³-hybridized carbons (Fsp3) is 0.500. The Hall–Kier alpha value is -0.780. The van der Waals surface area contributed by atoms with Crippen LogP contribution in [0.4, 0.5) is 5.69 Å². The van der Waals surface area contributed by atoms with Crippen molar-refractivity contribution in [2.24, 2.45) is 0 Å². The predicted molar refractivity (Wildman–Crippen MR) is 76.6 cm³/mol. The van der Waals surface area contributed by atoms with E-state index in [4.69, 9.17) is 11.6 Å². The van der Waals surface area contributed by atoms with Crippen molar-refractivity contribution in [2.75, 3.05) is 11.3 Å². The lowest BCUT2D eigenvalue weighted by Crippen LogP contribution is -2.37. The number of benzene rings is 1. The van der Waals surface area contributed by atoms with Gasteiger partial charge < -0.3 is 5.32 Å². The van der Waals surface area contributed by atoms with Gasteiger partial charge in [-0.05, 0) is 31.2 Å². The first-order valence-corrected chi connectivity index (χ1v) is 7.74. The fourth-order valence-electron chi connectivity index (χ4n) is 1.29. The quantitative estimate of drug-likeness (QED) is 0.846. The first-order chi connectivity index (χ1) is 8.31. The summed E-state index contributed by atoms with van der Waals surface area (Å²) in [6, 6.07) is 6.84. The van der Waals surface area contributed by atoms with Crippen molar-refractivity contribution >= 4 is 27.3 Å². The third-order valence-corrected chi connectivity index (χ3v) is 4.45. The Morgan fingerprint density at radius 2 is 1.72 bits per heavy atom. The molecule has 0 saturated carbocycles. The maximum Gasteiger partial charge on any atom is 0.236 e. The van der Waals surface area contributed by atoms with Crippen molar-refractivity contribution < 1.29 is 8.42 Å². The largest absolute Gasteiger partial charge is 0.313 e. The standard InChI is InChI=1S/C12H19ClN2O2S/c1-9(2)14-8-10(3)18(16,17)15-12-6-4-11(13)5-7-12/h4-7,9-10,14-15H,8H2,1-3H3. The summed E-state index contributed by atoms with van der Waals surface area (Å²) in [5.41, 5.74) is 0.524. The summed E-state index contributed by atoms with van der Waals surface area (Å²) in [6.45, 7) is 6.05. The Labute approximate surface area is 114 Å². The van der Waals surface area contributed by atoms with E-state index >= 15 is 0 Å². The molecule has 0 aliphatic heterocycles. The van der Waals surface area contributed by atoms with Gasteiger partial charge in [0.25, 0.3) is 0 Å². The van der Waals surface area contributed by atoms with Gasteiger partial charge >= 0.3 is 0 Å². The van der Waals surface area contributed by atoms with E-state index in [1.807, 2.05) is 13.8 Å². The van der Waals surface area contributed by atoms with Crippen molar-refractivity contribution in [1.82, 2.24) is 5.32 Å². The lowest BCUT2D eigenvalue weighted by atomic mass is 10.3. The molecule has 1 aromatic rings. The molecule has 0 amide bonds. The molecule has 0 aliphatic carbocycles. The van der Waals surface area contributed by atoms with Crippen LogP contribution in [0.25, 0.3) is 0 Å². The molecule has 0 spiro atoms. The number of nitrogens with one attached hydrogen (secondary N) is 2. The van der Waals surface area contributed by atoms with E-state index in [0.717, 1.165) is 0 Å². The highest BCUT2D eigenvalue weighted by atomic mass is 35.5. The maximum absolute atomic E-state index is 12.0. The summed E-state index contributed by atoms with van der Waals surface area (Å²) in [5, 5.41) is 3.18. The van der Waals surface area contributed by atoms with Crippen LogP contribution in [0.1, 0.15) is 20.8 Å². The summed E-state index contributed by atoms with van der Waals surface area (Å²) in [5.74, 6) is 0. The summed E-state index contributed by atoms with van der Waals surface area (Å²) in [6.07, 6.45) is 0. The minimum atomic E-state index is -3.38. The lowest BCUT2D eigenvalue weighted by molar-refractivity contribution is 0.553. The van der Waals surface area contributed by atoms with Gasteiger partial charge in [0.1, 0.15) is 0 Å². The number of sulfonamides is 1. The molecule has 1 rings (SSSR count). The Morgan fingerprint density at radius 1 is 1.17 bits per heavy atom. The first-order valence-electron chi connectivity index (χ1n) is 5.82. The van der Waals surface area contributed by atoms with Gasteiger partial charge in [-0.25, -0.2) is 8.42 Å². The van der Waals surface area contributed by atoms with Crippen LogP contribution in [0.2, 0.25) is 5.02 Å². The Balaban J connectivity index is 2.66. The van der Waals surface area contributed by atoms with Crippen LogP contribution in [-0.4, -0.2) is 26.3 Å². The summed E-state index contributed by atoms with van der Waals surface area (Å²) >= 11 is 5.74. The van der Waals surface area contributed by atoms with Gasteiger partial charge in [0.2, 0.25) is 10.0 Å². The fourth-order valence-corrected chi connectivity index (χ4v) is 2.40. The predicted octanol–water partition coefficient (Wildman–Crippen LogP) is 2.47. The van der Waals surface area contributed by atoms with Gasteiger partial charge in [-0.15, -0.1) is 0 Å². The van der Waals surface area contributed by atoms with Crippen molar-refractivity contribution in [3.8, 4) is 0 Å². The van der Waals surface area contributed by atoms with Crippen molar-refractivity contribution in [3.05, 3.63) is 29.3 Å². The molecular weight excluding hydrogens is 272 g/mol. The molecule has 0 aliphatic rings. The van der Waals surface area contributed by atoms with Gasteiger partial charge in [0, 0.05) is 23.3 Å². The number of hydrogen-bond acceptors (Lipinski definition) is 3. The zero-order valence-electron chi connectivity index (χ0n) is 10.8. The SMILES string of the molecule is CC(C)NCC(C)S(=O)(=O)Nc1ccc(Cl)cc1. The molecule has 0 fully saturated rings. The molecule has 0 radical (unpaired) electrons. The van der Waals surface area contributed by atoms with Crippen molar-refractivity contribution in [1.29, 1.82) is 0 Å². The van der Waals surface area contributed by atoms with Gasteiger partial charge in [0.05, 0.1) is 5.25 Å². The molecule has 4 nitrogen and oxygen atoms in total. The van der Waals surface area contributed by atoms with E-state index in [1.165, 1.54) is 0 Å². The average Bonchev–Trinajstić information content (AvgIpc) is 2.28. The molecule has 0 heterocycles. The van der Waals surface area contributed by atoms with E-state index in [2.05, 4.69) is 10.0 Å². The van der Waals surface area contributed by atoms with E-state index in [0.29, 0.717) is 17.3 Å². The van der Waals surface area contributed by atoms with Crippen LogP contribution >= 0.6 is 11.6 Å². The zero-order chi connectivity index (χ0) is 13.8. The third kappa shape index (κ3) is 4.84. The van der Waals surface area contributed by atoms with Crippen LogP contribution in [0.3, 0.4) is 0 Å². The average molecular weight is 291 g/mol. The summed E-state index contributed by atoms with van der Waals surface area (Å²) < 4.78 is 26.6. The normalized spacial score (nSPS) is 13.6. The molecule has 1 aromatic carbocycles. The molecule has 1 atom stereocenters. The molecule has 0 saturated heterocycles. The second kappa shape index (κ2) is 6.41. The zero-order valence-corrected chi connectivity index (χ0v) is 12.3. The molecule has 6 heteroatoms. The number of anilines is 1. The van der Waals surface area contributed by atoms with Crippen LogP contribution in [0, 0.1) is 0 Å². The Bertz CT molecular complexity index is 471. The molecule has 1 unspecified atom stereocenters. The molecular formula is C12H19ClN2O2S. The van der Waals surface area contributed by atoms with Crippen LogP contribution < -0.4 is 10.0 Å². The summed E-state index contributed by atoms with van der Waals surface area (Å²) in [4.78, 5) is 0. The topological polar surface area (TPSA) is 58.2 Å².